The summed E-state index contributed by atoms with van der Waals surface area (Å²) in [6.07, 6.45) is 5.32. The van der Waals surface area contributed by atoms with Crippen LogP contribution in [0.4, 0.5) is 5.69 Å². The lowest BCUT2D eigenvalue weighted by Gasteiger charge is -2.04. The number of hydrogen-bond acceptors (Lipinski definition) is 5. The van der Waals surface area contributed by atoms with E-state index in [9.17, 15) is 19.7 Å². The minimum absolute atomic E-state index is 0.106. The summed E-state index contributed by atoms with van der Waals surface area (Å²) < 4.78 is 4.78. The second kappa shape index (κ2) is 10.1. The maximum Gasteiger partial charge on any atom is 0.331 e. The Labute approximate surface area is 134 Å². The van der Waals surface area contributed by atoms with Crippen molar-refractivity contribution in [2.45, 2.75) is 26.2 Å². The molecule has 0 aliphatic heterocycles. The van der Waals surface area contributed by atoms with Crippen LogP contribution in [0.3, 0.4) is 0 Å². The molecule has 0 bridgehead atoms. The van der Waals surface area contributed by atoms with Crippen LogP contribution < -0.4 is 5.32 Å². The van der Waals surface area contributed by atoms with Crippen molar-refractivity contribution >= 4 is 23.6 Å². The van der Waals surface area contributed by atoms with Gasteiger partial charge in [-0.3, -0.25) is 14.9 Å². The molecule has 0 saturated heterocycles. The van der Waals surface area contributed by atoms with Gasteiger partial charge in [0.2, 0.25) is 0 Å². The molecular weight excluding hydrogens is 300 g/mol. The Morgan fingerprint density at radius 2 is 2.04 bits per heavy atom. The van der Waals surface area contributed by atoms with E-state index in [1.165, 1.54) is 24.3 Å². The third kappa shape index (κ3) is 7.21. The van der Waals surface area contributed by atoms with Gasteiger partial charge >= 0.3 is 5.97 Å². The molecule has 1 aromatic carbocycles. The van der Waals surface area contributed by atoms with E-state index in [1.807, 2.05) is 0 Å². The van der Waals surface area contributed by atoms with Crippen LogP contribution >= 0.6 is 0 Å². The van der Waals surface area contributed by atoms with Crippen LogP contribution in [0, 0.1) is 10.1 Å². The molecule has 1 amide bonds. The van der Waals surface area contributed by atoms with E-state index < -0.39 is 10.9 Å². The molecule has 0 aliphatic carbocycles. The molecule has 124 valence electrons. The predicted octanol–water partition coefficient (Wildman–Crippen LogP) is 2.46. The molecule has 0 spiro atoms. The molecule has 0 aromatic heterocycles. The van der Waals surface area contributed by atoms with Crippen molar-refractivity contribution in [3.05, 3.63) is 46.0 Å². The smallest absolute Gasteiger partial charge is 0.331 e. The van der Waals surface area contributed by atoms with Crippen molar-refractivity contribution in [1.29, 1.82) is 0 Å². The fraction of sp³-hybridized carbons (Fsp3) is 0.375. The highest BCUT2D eigenvalue weighted by atomic mass is 16.6. The van der Waals surface area contributed by atoms with E-state index in [2.05, 4.69) is 12.2 Å². The lowest BCUT2D eigenvalue weighted by atomic mass is 10.1. The molecule has 23 heavy (non-hydrogen) atoms. The molecule has 0 radical (unpaired) electrons. The van der Waals surface area contributed by atoms with Gasteiger partial charge in [0.1, 0.15) is 0 Å². The summed E-state index contributed by atoms with van der Waals surface area (Å²) in [5, 5.41) is 13.5. The highest BCUT2D eigenvalue weighted by Crippen LogP contribution is 2.18. The van der Waals surface area contributed by atoms with E-state index >= 15 is 0 Å². The lowest BCUT2D eigenvalue weighted by Crippen LogP contribution is -2.29. The van der Waals surface area contributed by atoms with Gasteiger partial charge < -0.3 is 10.1 Å². The molecule has 0 atom stereocenters. The first kappa shape index (κ1) is 18.3. The average molecular weight is 320 g/mol. The van der Waals surface area contributed by atoms with Gasteiger partial charge in [-0.25, -0.2) is 4.79 Å². The first-order valence-electron chi connectivity index (χ1n) is 7.39. The van der Waals surface area contributed by atoms with Gasteiger partial charge in [-0.15, -0.1) is 0 Å². The van der Waals surface area contributed by atoms with E-state index in [1.54, 1.807) is 6.07 Å². The number of benzene rings is 1. The summed E-state index contributed by atoms with van der Waals surface area (Å²) in [5.74, 6) is -1.10. The van der Waals surface area contributed by atoms with E-state index in [0.717, 1.165) is 25.3 Å². The van der Waals surface area contributed by atoms with Crippen LogP contribution in [0.1, 0.15) is 31.7 Å². The van der Waals surface area contributed by atoms with Gasteiger partial charge in [0.15, 0.2) is 6.61 Å². The fourth-order valence-corrected chi connectivity index (χ4v) is 1.79. The molecule has 1 aromatic rings. The SMILES string of the molecule is CCCCCNC(=O)COC(=O)/C=C/c1ccccc1[N+](=O)[O-]. The van der Waals surface area contributed by atoms with Gasteiger partial charge in [0.25, 0.3) is 11.6 Å². The van der Waals surface area contributed by atoms with Gasteiger partial charge in [-0.1, -0.05) is 31.9 Å². The number of ether oxygens (including phenoxy) is 1. The maximum atomic E-state index is 11.5. The molecular formula is C16H20N2O5. The summed E-state index contributed by atoms with van der Waals surface area (Å²) in [4.78, 5) is 33.2. The Morgan fingerprint density at radius 1 is 1.30 bits per heavy atom. The standard InChI is InChI=1S/C16H20N2O5/c1-2-3-6-11-17-15(19)12-23-16(20)10-9-13-7-4-5-8-14(13)18(21)22/h4-5,7-10H,2-3,6,11-12H2,1H3,(H,17,19)/b10-9+. The zero-order valence-electron chi connectivity index (χ0n) is 13.0. The average Bonchev–Trinajstić information content (AvgIpc) is 2.55. The van der Waals surface area contributed by atoms with Crippen LogP contribution in [0.25, 0.3) is 6.08 Å². The summed E-state index contributed by atoms with van der Waals surface area (Å²) >= 11 is 0. The van der Waals surface area contributed by atoms with Crippen molar-refractivity contribution in [2.75, 3.05) is 13.2 Å². The zero-order chi connectivity index (χ0) is 17.1. The molecule has 0 heterocycles. The van der Waals surface area contributed by atoms with Crippen LogP contribution in [0.15, 0.2) is 30.3 Å². The molecule has 0 unspecified atom stereocenters. The zero-order valence-corrected chi connectivity index (χ0v) is 13.0. The summed E-state index contributed by atoms with van der Waals surface area (Å²) in [6, 6.07) is 6.02. The predicted molar refractivity (Wildman–Crippen MR) is 85.6 cm³/mol. The van der Waals surface area contributed by atoms with Crippen molar-refractivity contribution in [3.63, 3.8) is 0 Å². The number of nitro benzene ring substituents is 1. The normalized spacial score (nSPS) is 10.5. The van der Waals surface area contributed by atoms with Gasteiger partial charge in [0, 0.05) is 18.7 Å². The highest BCUT2D eigenvalue weighted by molar-refractivity contribution is 5.89. The molecule has 7 nitrogen and oxygen atoms in total. The first-order valence-corrected chi connectivity index (χ1v) is 7.39. The number of nitrogens with one attached hydrogen (secondary N) is 1. The summed E-state index contributed by atoms with van der Waals surface area (Å²) in [5.41, 5.74) is 0.184. The van der Waals surface area contributed by atoms with E-state index in [4.69, 9.17) is 4.74 Å². The molecule has 1 N–H and O–H groups in total. The summed E-state index contributed by atoms with van der Waals surface area (Å²) in [6.45, 7) is 2.25. The Hall–Kier alpha value is -2.70. The fourth-order valence-electron chi connectivity index (χ4n) is 1.79. The number of nitro groups is 1. The van der Waals surface area contributed by atoms with Crippen LogP contribution in [-0.4, -0.2) is 30.0 Å². The third-order valence-electron chi connectivity index (χ3n) is 2.98. The van der Waals surface area contributed by atoms with Gasteiger partial charge in [-0.2, -0.15) is 0 Å². The molecule has 0 saturated carbocycles. The second-order valence-corrected chi connectivity index (χ2v) is 4.81. The van der Waals surface area contributed by atoms with Crippen molar-refractivity contribution in [1.82, 2.24) is 5.32 Å². The Morgan fingerprint density at radius 3 is 2.74 bits per heavy atom. The van der Waals surface area contributed by atoms with Gasteiger partial charge in [0.05, 0.1) is 10.5 Å². The van der Waals surface area contributed by atoms with Crippen molar-refractivity contribution in [3.8, 4) is 0 Å². The minimum atomic E-state index is -0.730. The number of unbranched alkanes of at least 4 members (excludes halogenated alkanes) is 2. The van der Waals surface area contributed by atoms with Gasteiger partial charge in [-0.05, 0) is 18.6 Å². The second-order valence-electron chi connectivity index (χ2n) is 4.81. The third-order valence-corrected chi connectivity index (χ3v) is 2.98. The topological polar surface area (TPSA) is 98.5 Å². The Kier molecular flexibility index (Phi) is 8.06. The number of carbonyl (C=O) groups is 2. The number of para-hydroxylation sites is 1. The number of nitrogens with zero attached hydrogens (tertiary/aromatic N) is 1. The number of carbonyl (C=O) groups excluding carboxylic acids is 2. The Balaban J connectivity index is 2.42. The van der Waals surface area contributed by atoms with Crippen molar-refractivity contribution in [2.24, 2.45) is 0 Å². The first-order chi connectivity index (χ1) is 11.0. The quantitative estimate of drug-likeness (QED) is 0.248. The summed E-state index contributed by atoms with van der Waals surface area (Å²) in [7, 11) is 0. The number of hydrogen-bond donors (Lipinski definition) is 1. The van der Waals surface area contributed by atoms with Crippen LogP contribution in [0.2, 0.25) is 0 Å². The highest BCUT2D eigenvalue weighted by Gasteiger charge is 2.10. The number of amides is 1. The number of rotatable bonds is 9. The monoisotopic (exact) mass is 320 g/mol. The maximum absolute atomic E-state index is 11.5. The van der Waals surface area contributed by atoms with Crippen LogP contribution in [0.5, 0.6) is 0 Å². The lowest BCUT2D eigenvalue weighted by molar-refractivity contribution is -0.385. The molecule has 1 rings (SSSR count). The molecule has 7 heteroatoms. The minimum Gasteiger partial charge on any atom is -0.452 e. The molecule has 0 fully saturated rings. The van der Waals surface area contributed by atoms with E-state index in [-0.39, 0.29) is 18.2 Å². The Bertz CT molecular complexity index is 584. The number of esters is 1. The van der Waals surface area contributed by atoms with Crippen LogP contribution in [-0.2, 0) is 14.3 Å². The van der Waals surface area contributed by atoms with Crippen molar-refractivity contribution < 1.29 is 19.2 Å². The largest absolute Gasteiger partial charge is 0.452 e. The van der Waals surface area contributed by atoms with E-state index in [0.29, 0.717) is 12.1 Å². The molecule has 0 aliphatic rings.